The Morgan fingerprint density at radius 1 is 0.643 bits per heavy atom. The summed E-state index contributed by atoms with van der Waals surface area (Å²) in [4.78, 5) is 0. The Bertz CT molecular complexity index is 958. The van der Waals surface area contributed by atoms with Crippen LogP contribution in [-0.4, -0.2) is 47.7 Å². The van der Waals surface area contributed by atoms with Crippen LogP contribution in [0.3, 0.4) is 0 Å². The van der Waals surface area contributed by atoms with Crippen molar-refractivity contribution in [1.82, 2.24) is 0 Å². The molecule has 0 bridgehead atoms. The number of benzene rings is 2. The van der Waals surface area contributed by atoms with E-state index < -0.39 is 31.7 Å². The molecule has 0 amide bonds. The van der Waals surface area contributed by atoms with Crippen molar-refractivity contribution >= 4 is 20.2 Å². The van der Waals surface area contributed by atoms with Gasteiger partial charge >= 0.3 is 0 Å². The van der Waals surface area contributed by atoms with Crippen molar-refractivity contribution in [2.75, 3.05) is 11.5 Å². The third-order valence-corrected chi connectivity index (χ3v) is 5.80. The van der Waals surface area contributed by atoms with Gasteiger partial charge in [-0.2, -0.15) is 16.8 Å². The van der Waals surface area contributed by atoms with Gasteiger partial charge in [-0.25, -0.2) is 0 Å². The Morgan fingerprint density at radius 3 is 1.32 bits per heavy atom. The van der Waals surface area contributed by atoms with Crippen molar-refractivity contribution in [3.8, 4) is 22.6 Å². The summed E-state index contributed by atoms with van der Waals surface area (Å²) in [7, 11) is -8.14. The summed E-state index contributed by atoms with van der Waals surface area (Å²) >= 11 is 0. The maximum Gasteiger partial charge on any atom is 0.264 e. The summed E-state index contributed by atoms with van der Waals surface area (Å²) in [5.74, 6) is -0.806. The van der Waals surface area contributed by atoms with Crippen molar-refractivity contribution in [3.05, 3.63) is 47.5 Å². The minimum Gasteiger partial charge on any atom is -0.508 e. The summed E-state index contributed by atoms with van der Waals surface area (Å²) in [6.07, 6.45) is 0.788. The second-order valence-electron chi connectivity index (χ2n) is 6.47. The van der Waals surface area contributed by atoms with E-state index in [-0.39, 0.29) is 37.2 Å². The number of hydrogen-bond donors (Lipinski definition) is 4. The predicted octanol–water partition coefficient (Wildman–Crippen LogP) is 2.41. The van der Waals surface area contributed by atoms with E-state index in [2.05, 4.69) is 0 Å². The number of phenolic OH excluding ortho intramolecular Hbond substituents is 2. The number of phenols is 2. The monoisotopic (exact) mass is 430 g/mol. The molecule has 0 spiro atoms. The number of aromatic hydroxyl groups is 2. The van der Waals surface area contributed by atoms with Crippen LogP contribution < -0.4 is 0 Å². The largest absolute Gasteiger partial charge is 0.508 e. The summed E-state index contributed by atoms with van der Waals surface area (Å²) in [5.41, 5.74) is 2.47. The van der Waals surface area contributed by atoms with Gasteiger partial charge in [0.2, 0.25) is 0 Å². The molecular weight excluding hydrogens is 408 g/mol. The van der Waals surface area contributed by atoms with Crippen LogP contribution in [0, 0.1) is 0 Å². The molecule has 0 radical (unpaired) electrons. The topological polar surface area (TPSA) is 149 Å². The first-order chi connectivity index (χ1) is 12.9. The van der Waals surface area contributed by atoms with Gasteiger partial charge in [-0.15, -0.1) is 0 Å². The zero-order valence-electron chi connectivity index (χ0n) is 14.9. The van der Waals surface area contributed by atoms with E-state index in [0.717, 1.165) is 11.1 Å². The van der Waals surface area contributed by atoms with Gasteiger partial charge in [0, 0.05) is 0 Å². The lowest BCUT2D eigenvalue weighted by atomic mass is 9.97. The fraction of sp³-hybridized carbons (Fsp3) is 0.333. The number of hydrogen-bond acceptors (Lipinski definition) is 6. The molecule has 0 aliphatic carbocycles. The van der Waals surface area contributed by atoms with Crippen LogP contribution in [0.4, 0.5) is 0 Å². The first-order valence-electron chi connectivity index (χ1n) is 8.49. The van der Waals surface area contributed by atoms with Crippen molar-refractivity contribution < 1.29 is 36.2 Å². The molecular formula is C18H22O8S2. The van der Waals surface area contributed by atoms with Gasteiger partial charge < -0.3 is 10.2 Å². The molecule has 2 rings (SSSR count). The molecule has 4 N–H and O–H groups in total. The van der Waals surface area contributed by atoms with E-state index in [1.54, 1.807) is 24.3 Å². The molecule has 0 fully saturated rings. The third kappa shape index (κ3) is 7.12. The molecule has 8 nitrogen and oxygen atoms in total. The first kappa shape index (κ1) is 22.2. The Balaban J connectivity index is 2.20. The van der Waals surface area contributed by atoms with Gasteiger partial charge in [-0.3, -0.25) is 9.11 Å². The quantitative estimate of drug-likeness (QED) is 0.443. The smallest absolute Gasteiger partial charge is 0.264 e. The fourth-order valence-electron chi connectivity index (χ4n) is 2.82. The maximum absolute atomic E-state index is 10.8. The second kappa shape index (κ2) is 8.91. The summed E-state index contributed by atoms with van der Waals surface area (Å²) in [6.45, 7) is 0. The third-order valence-electron chi connectivity index (χ3n) is 4.19. The Labute approximate surface area is 164 Å². The van der Waals surface area contributed by atoms with E-state index in [4.69, 9.17) is 9.11 Å². The highest BCUT2D eigenvalue weighted by Crippen LogP contribution is 2.30. The molecule has 0 aliphatic heterocycles. The van der Waals surface area contributed by atoms with E-state index in [1.807, 2.05) is 0 Å². The van der Waals surface area contributed by atoms with Gasteiger partial charge in [0.1, 0.15) is 11.5 Å². The molecule has 0 saturated carbocycles. The van der Waals surface area contributed by atoms with Gasteiger partial charge in [0.25, 0.3) is 20.2 Å². The lowest BCUT2D eigenvalue weighted by molar-refractivity contribution is 0.465. The van der Waals surface area contributed by atoms with Crippen molar-refractivity contribution in [1.29, 1.82) is 0 Å². The Morgan fingerprint density at radius 2 is 1.00 bits per heavy atom. The molecule has 2 aromatic carbocycles. The van der Waals surface area contributed by atoms with Gasteiger partial charge in [0.05, 0.1) is 11.5 Å². The lowest BCUT2D eigenvalue weighted by Crippen LogP contribution is -2.05. The lowest BCUT2D eigenvalue weighted by Gasteiger charge is -2.11. The SMILES string of the molecule is O=S(=O)(O)CCCc1cc(-c2ccc(O)c(CCCS(=O)(=O)O)c2)ccc1O. The fourth-order valence-corrected chi connectivity index (χ4v) is 3.84. The predicted molar refractivity (Wildman–Crippen MR) is 105 cm³/mol. The molecule has 0 saturated heterocycles. The normalized spacial score (nSPS) is 12.2. The van der Waals surface area contributed by atoms with E-state index in [1.165, 1.54) is 12.1 Å². The highest BCUT2D eigenvalue weighted by atomic mass is 32.2. The van der Waals surface area contributed by atoms with Crippen LogP contribution in [0.5, 0.6) is 11.5 Å². The van der Waals surface area contributed by atoms with Gasteiger partial charge in [-0.1, -0.05) is 12.1 Å². The average Bonchev–Trinajstić information content (AvgIpc) is 2.56. The van der Waals surface area contributed by atoms with Crippen LogP contribution in [-0.2, 0) is 33.1 Å². The van der Waals surface area contributed by atoms with Crippen molar-refractivity contribution in [2.45, 2.75) is 25.7 Å². The van der Waals surface area contributed by atoms with Gasteiger partial charge in [-0.05, 0) is 72.2 Å². The Hall–Kier alpha value is -2.14. The molecule has 0 heterocycles. The van der Waals surface area contributed by atoms with Crippen molar-refractivity contribution in [2.24, 2.45) is 0 Å². The minimum atomic E-state index is -4.07. The standard InChI is InChI=1S/C18H22O8S2/c19-17-7-5-13(11-15(17)3-1-9-27(21,22)23)14-6-8-18(20)16(12-14)4-2-10-28(24,25)26/h5-8,11-12,19-20H,1-4,9-10H2,(H,21,22,23)(H,24,25,26). The summed E-state index contributed by atoms with van der Waals surface area (Å²) in [6, 6.07) is 9.65. The van der Waals surface area contributed by atoms with Crippen LogP contribution >= 0.6 is 0 Å². The van der Waals surface area contributed by atoms with Crippen LogP contribution in [0.15, 0.2) is 36.4 Å². The molecule has 28 heavy (non-hydrogen) atoms. The van der Waals surface area contributed by atoms with E-state index in [9.17, 15) is 27.0 Å². The highest BCUT2D eigenvalue weighted by Gasteiger charge is 2.11. The maximum atomic E-state index is 10.8. The molecule has 2 aromatic rings. The molecule has 154 valence electrons. The van der Waals surface area contributed by atoms with Gasteiger partial charge in [0.15, 0.2) is 0 Å². The molecule has 0 aromatic heterocycles. The summed E-state index contributed by atoms with van der Waals surface area (Å²) < 4.78 is 60.9. The highest BCUT2D eigenvalue weighted by molar-refractivity contribution is 7.86. The minimum absolute atomic E-state index is 0.00578. The first-order valence-corrected chi connectivity index (χ1v) is 11.7. The molecule has 0 atom stereocenters. The second-order valence-corrected chi connectivity index (χ2v) is 9.61. The van der Waals surface area contributed by atoms with E-state index in [0.29, 0.717) is 11.1 Å². The summed E-state index contributed by atoms with van der Waals surface area (Å²) in [5, 5.41) is 19.9. The van der Waals surface area contributed by atoms with Crippen LogP contribution in [0.25, 0.3) is 11.1 Å². The zero-order chi connectivity index (χ0) is 20.9. The van der Waals surface area contributed by atoms with E-state index >= 15 is 0 Å². The van der Waals surface area contributed by atoms with Crippen molar-refractivity contribution in [3.63, 3.8) is 0 Å². The number of rotatable bonds is 9. The average molecular weight is 431 g/mol. The molecule has 0 unspecified atom stereocenters. The number of aryl methyl sites for hydroxylation is 2. The Kier molecular flexibility index (Phi) is 7.05. The van der Waals surface area contributed by atoms with Crippen LogP contribution in [0.2, 0.25) is 0 Å². The van der Waals surface area contributed by atoms with Crippen LogP contribution in [0.1, 0.15) is 24.0 Å². The molecule has 10 heteroatoms. The zero-order valence-corrected chi connectivity index (χ0v) is 16.6. The molecule has 0 aliphatic rings.